The zero-order valence-corrected chi connectivity index (χ0v) is 11.9. The van der Waals surface area contributed by atoms with Gasteiger partial charge >= 0.3 is 5.97 Å². The van der Waals surface area contributed by atoms with Crippen molar-refractivity contribution in [2.75, 3.05) is 6.61 Å². The summed E-state index contributed by atoms with van der Waals surface area (Å²) in [4.78, 5) is 26.0. The molecule has 0 saturated carbocycles. The van der Waals surface area contributed by atoms with Gasteiger partial charge in [0.15, 0.2) is 0 Å². The van der Waals surface area contributed by atoms with Gasteiger partial charge in [-0.2, -0.15) is 0 Å². The Labute approximate surface area is 118 Å². The minimum Gasteiger partial charge on any atom is -0.462 e. The van der Waals surface area contributed by atoms with E-state index in [1.165, 1.54) is 6.07 Å². The number of ether oxygens (including phenoxy) is 1. The second kappa shape index (κ2) is 5.84. The molecule has 1 N–H and O–H groups in total. The van der Waals surface area contributed by atoms with Crippen LogP contribution in [0.15, 0.2) is 45.7 Å². The molecule has 0 atom stereocenters. The maximum Gasteiger partial charge on any atom is 0.343 e. The quantitative estimate of drug-likeness (QED) is 0.884. The Bertz CT molecular complexity index is 646. The third-order valence-corrected chi connectivity index (χ3v) is 3.09. The number of H-pyrrole nitrogens is 1. The summed E-state index contributed by atoms with van der Waals surface area (Å²) in [6.45, 7) is 1.94. The van der Waals surface area contributed by atoms with E-state index in [-0.39, 0.29) is 12.2 Å². The van der Waals surface area contributed by atoms with Crippen LogP contribution in [0.2, 0.25) is 0 Å². The van der Waals surface area contributed by atoms with Crippen LogP contribution in [0.25, 0.3) is 11.3 Å². The topological polar surface area (TPSA) is 59.2 Å². The second-order valence-electron chi connectivity index (χ2n) is 3.84. The molecule has 0 saturated heterocycles. The van der Waals surface area contributed by atoms with Gasteiger partial charge in [-0.1, -0.05) is 28.1 Å². The highest BCUT2D eigenvalue weighted by molar-refractivity contribution is 9.10. The number of aromatic amines is 1. The third kappa shape index (κ3) is 3.12. The lowest BCUT2D eigenvalue weighted by atomic mass is 10.1. The fourth-order valence-corrected chi connectivity index (χ4v) is 1.91. The van der Waals surface area contributed by atoms with Gasteiger partial charge in [0.05, 0.1) is 6.61 Å². The predicted molar refractivity (Wildman–Crippen MR) is 76.2 cm³/mol. The van der Waals surface area contributed by atoms with Crippen molar-refractivity contribution in [3.8, 4) is 11.3 Å². The summed E-state index contributed by atoms with van der Waals surface area (Å²) in [5, 5.41) is 0. The maximum absolute atomic E-state index is 11.8. The second-order valence-corrected chi connectivity index (χ2v) is 4.76. The van der Waals surface area contributed by atoms with E-state index in [0.29, 0.717) is 5.69 Å². The highest BCUT2D eigenvalue weighted by atomic mass is 79.9. The average molecular weight is 322 g/mol. The lowest BCUT2D eigenvalue weighted by molar-refractivity contribution is 0.0524. The molecule has 2 aromatic rings. The van der Waals surface area contributed by atoms with E-state index in [1.807, 2.05) is 24.3 Å². The first kappa shape index (κ1) is 13.5. The van der Waals surface area contributed by atoms with Gasteiger partial charge in [-0.3, -0.25) is 4.79 Å². The Kier molecular flexibility index (Phi) is 4.16. The number of benzene rings is 1. The third-order valence-electron chi connectivity index (χ3n) is 2.56. The highest BCUT2D eigenvalue weighted by Gasteiger charge is 2.12. The molecule has 0 amide bonds. The lowest BCUT2D eigenvalue weighted by Crippen LogP contribution is -2.19. The van der Waals surface area contributed by atoms with Crippen molar-refractivity contribution in [2.24, 2.45) is 0 Å². The molecule has 0 aliphatic rings. The molecule has 0 radical (unpaired) electrons. The fourth-order valence-electron chi connectivity index (χ4n) is 1.64. The molecule has 0 aliphatic carbocycles. The fraction of sp³-hybridized carbons (Fsp3) is 0.143. The number of hydrogen-bond acceptors (Lipinski definition) is 3. The summed E-state index contributed by atoms with van der Waals surface area (Å²) < 4.78 is 5.76. The molecule has 5 heteroatoms. The molecule has 0 fully saturated rings. The average Bonchev–Trinajstić information content (AvgIpc) is 2.39. The summed E-state index contributed by atoms with van der Waals surface area (Å²) in [6, 6.07) is 10.7. The van der Waals surface area contributed by atoms with Gasteiger partial charge in [-0.25, -0.2) is 4.79 Å². The van der Waals surface area contributed by atoms with Crippen molar-refractivity contribution in [1.29, 1.82) is 0 Å². The van der Waals surface area contributed by atoms with E-state index in [9.17, 15) is 9.59 Å². The van der Waals surface area contributed by atoms with Crippen LogP contribution in [0.3, 0.4) is 0 Å². The molecule has 0 aliphatic heterocycles. The largest absolute Gasteiger partial charge is 0.462 e. The van der Waals surface area contributed by atoms with Crippen LogP contribution in [0.4, 0.5) is 0 Å². The molecular formula is C14H12BrNO3. The summed E-state index contributed by atoms with van der Waals surface area (Å²) in [7, 11) is 0. The standard InChI is InChI=1S/C14H12BrNO3/c1-2-19-14(18)11-7-8-12(16-13(11)17)9-3-5-10(15)6-4-9/h3-8H,2H2,1H3,(H,16,17). The Hall–Kier alpha value is -1.88. The van der Waals surface area contributed by atoms with Crippen LogP contribution in [-0.4, -0.2) is 17.6 Å². The van der Waals surface area contributed by atoms with E-state index in [1.54, 1.807) is 13.0 Å². The number of nitrogens with one attached hydrogen (secondary N) is 1. The maximum atomic E-state index is 11.8. The van der Waals surface area contributed by atoms with Crippen LogP contribution >= 0.6 is 15.9 Å². The van der Waals surface area contributed by atoms with Gasteiger partial charge in [-0.15, -0.1) is 0 Å². The van der Waals surface area contributed by atoms with Gasteiger partial charge in [0, 0.05) is 10.2 Å². The summed E-state index contributed by atoms with van der Waals surface area (Å²) >= 11 is 3.35. The molecule has 2 rings (SSSR count). The van der Waals surface area contributed by atoms with Gasteiger partial charge in [0.2, 0.25) is 0 Å². The summed E-state index contributed by atoms with van der Waals surface area (Å²) in [5.74, 6) is -0.605. The number of hydrogen-bond donors (Lipinski definition) is 1. The van der Waals surface area contributed by atoms with Crippen molar-refractivity contribution in [3.05, 3.63) is 56.8 Å². The molecule has 1 heterocycles. The monoisotopic (exact) mass is 321 g/mol. The zero-order valence-electron chi connectivity index (χ0n) is 10.3. The SMILES string of the molecule is CCOC(=O)c1ccc(-c2ccc(Br)cc2)[nH]c1=O. The Morgan fingerprint density at radius 2 is 1.89 bits per heavy atom. The molecule has 19 heavy (non-hydrogen) atoms. The van der Waals surface area contributed by atoms with Gasteiger partial charge in [0.1, 0.15) is 5.56 Å². The molecular weight excluding hydrogens is 310 g/mol. The molecule has 0 spiro atoms. The molecule has 0 bridgehead atoms. The Balaban J connectivity index is 2.36. The van der Waals surface area contributed by atoms with E-state index in [4.69, 9.17) is 4.74 Å². The number of halogens is 1. The van der Waals surface area contributed by atoms with Crippen LogP contribution in [0.5, 0.6) is 0 Å². The molecule has 4 nitrogen and oxygen atoms in total. The number of carbonyl (C=O) groups is 1. The molecule has 0 unspecified atom stereocenters. The minimum absolute atomic E-state index is 0.0164. The number of esters is 1. The molecule has 98 valence electrons. The van der Waals surface area contributed by atoms with Crippen molar-refractivity contribution >= 4 is 21.9 Å². The zero-order chi connectivity index (χ0) is 13.8. The first-order valence-corrected chi connectivity index (χ1v) is 6.57. The van der Waals surface area contributed by atoms with E-state index < -0.39 is 11.5 Å². The van der Waals surface area contributed by atoms with Crippen molar-refractivity contribution < 1.29 is 9.53 Å². The molecule has 1 aromatic carbocycles. The van der Waals surface area contributed by atoms with E-state index in [2.05, 4.69) is 20.9 Å². The summed E-state index contributed by atoms with van der Waals surface area (Å²) in [5.41, 5.74) is 1.10. The van der Waals surface area contributed by atoms with Crippen LogP contribution in [-0.2, 0) is 4.74 Å². The smallest absolute Gasteiger partial charge is 0.343 e. The van der Waals surface area contributed by atoms with Crippen LogP contribution in [0.1, 0.15) is 17.3 Å². The predicted octanol–water partition coefficient (Wildman–Crippen LogP) is 2.98. The number of rotatable bonds is 3. The lowest BCUT2D eigenvalue weighted by Gasteiger charge is -2.04. The van der Waals surface area contributed by atoms with Crippen LogP contribution in [0, 0.1) is 0 Å². The first-order chi connectivity index (χ1) is 9.11. The minimum atomic E-state index is -0.605. The normalized spacial score (nSPS) is 10.2. The van der Waals surface area contributed by atoms with E-state index >= 15 is 0 Å². The van der Waals surface area contributed by atoms with Gasteiger partial charge < -0.3 is 9.72 Å². The van der Waals surface area contributed by atoms with Crippen molar-refractivity contribution in [1.82, 2.24) is 4.98 Å². The Morgan fingerprint density at radius 1 is 1.21 bits per heavy atom. The van der Waals surface area contributed by atoms with Crippen molar-refractivity contribution in [3.63, 3.8) is 0 Å². The number of aromatic nitrogens is 1. The van der Waals surface area contributed by atoms with Gasteiger partial charge in [0.25, 0.3) is 5.56 Å². The number of carbonyl (C=O) groups excluding carboxylic acids is 1. The van der Waals surface area contributed by atoms with E-state index in [0.717, 1.165) is 10.0 Å². The first-order valence-electron chi connectivity index (χ1n) is 5.78. The van der Waals surface area contributed by atoms with Crippen LogP contribution < -0.4 is 5.56 Å². The Morgan fingerprint density at radius 3 is 2.47 bits per heavy atom. The van der Waals surface area contributed by atoms with Crippen molar-refractivity contribution in [2.45, 2.75) is 6.92 Å². The number of pyridine rings is 1. The highest BCUT2D eigenvalue weighted by Crippen LogP contribution is 2.19. The van der Waals surface area contributed by atoms with Gasteiger partial charge in [-0.05, 0) is 36.8 Å². The molecule has 1 aromatic heterocycles. The summed E-state index contributed by atoms with van der Waals surface area (Å²) in [6.07, 6.45) is 0.